The first-order valence-corrected chi connectivity index (χ1v) is 13.4. The molecule has 37 heavy (non-hydrogen) atoms. The molecule has 0 aliphatic carbocycles. The molecule has 0 fully saturated rings. The van der Waals surface area contributed by atoms with Crippen LogP contribution in [-0.2, 0) is 21.0 Å². The second kappa shape index (κ2) is 11.8. The van der Waals surface area contributed by atoms with E-state index in [1.165, 1.54) is 50.2 Å². The predicted octanol–water partition coefficient (Wildman–Crippen LogP) is 5.67. The molecule has 0 aromatic heterocycles. The number of thioether (sulfide) groups is 1. The lowest BCUT2D eigenvalue weighted by atomic mass is 10.2. The molecular weight excluding hydrogens is 529 g/mol. The number of amides is 1. The summed E-state index contributed by atoms with van der Waals surface area (Å²) in [6.45, 7) is 1.16. The molecule has 3 aromatic rings. The molecular formula is C25H25F3N2O5S2. The van der Waals surface area contributed by atoms with Crippen molar-refractivity contribution in [3.8, 4) is 11.5 Å². The van der Waals surface area contributed by atoms with E-state index in [2.05, 4.69) is 5.32 Å². The summed E-state index contributed by atoms with van der Waals surface area (Å²) in [4.78, 5) is 13.5. The van der Waals surface area contributed by atoms with Crippen molar-refractivity contribution in [1.82, 2.24) is 0 Å². The van der Waals surface area contributed by atoms with Crippen LogP contribution in [-0.4, -0.2) is 40.8 Å². The molecule has 1 N–H and O–H groups in total. The van der Waals surface area contributed by atoms with Gasteiger partial charge in [0.05, 0.1) is 36.1 Å². The zero-order valence-corrected chi connectivity index (χ0v) is 21.8. The second-order valence-electron chi connectivity index (χ2n) is 7.55. The topological polar surface area (TPSA) is 84.9 Å². The maximum atomic E-state index is 13.7. The summed E-state index contributed by atoms with van der Waals surface area (Å²) >= 11 is 1.48. The second-order valence-corrected chi connectivity index (χ2v) is 10.7. The zero-order chi connectivity index (χ0) is 27.2. The molecule has 0 saturated carbocycles. The van der Waals surface area contributed by atoms with Crippen molar-refractivity contribution in [2.75, 3.05) is 36.1 Å². The maximum absolute atomic E-state index is 13.7. The molecule has 3 aromatic carbocycles. The van der Waals surface area contributed by atoms with E-state index in [0.717, 1.165) is 22.8 Å². The Kier molecular flexibility index (Phi) is 8.98. The molecule has 0 aliphatic rings. The van der Waals surface area contributed by atoms with Crippen molar-refractivity contribution >= 4 is 39.1 Å². The highest BCUT2D eigenvalue weighted by atomic mass is 32.2. The van der Waals surface area contributed by atoms with Crippen LogP contribution < -0.4 is 19.1 Å². The number of sulfonamides is 1. The summed E-state index contributed by atoms with van der Waals surface area (Å²) in [7, 11) is -1.82. The van der Waals surface area contributed by atoms with Crippen molar-refractivity contribution in [2.45, 2.75) is 22.9 Å². The Bertz CT molecular complexity index is 1360. The number of ether oxygens (including phenoxy) is 2. The lowest BCUT2D eigenvalue weighted by Gasteiger charge is -2.25. The summed E-state index contributed by atoms with van der Waals surface area (Å²) < 4.78 is 78.6. The van der Waals surface area contributed by atoms with E-state index in [1.807, 2.05) is 6.92 Å². The van der Waals surface area contributed by atoms with Gasteiger partial charge in [-0.1, -0.05) is 25.1 Å². The molecule has 0 heterocycles. The van der Waals surface area contributed by atoms with Crippen LogP contribution in [0.25, 0.3) is 0 Å². The monoisotopic (exact) mass is 554 g/mol. The van der Waals surface area contributed by atoms with Gasteiger partial charge in [0.15, 0.2) is 11.5 Å². The number of rotatable bonds is 10. The lowest BCUT2D eigenvalue weighted by molar-refractivity contribution is -0.137. The Balaban J connectivity index is 2.06. The molecule has 1 amide bonds. The smallest absolute Gasteiger partial charge is 0.416 e. The van der Waals surface area contributed by atoms with Crippen LogP contribution in [0, 0.1) is 0 Å². The fourth-order valence-electron chi connectivity index (χ4n) is 3.43. The van der Waals surface area contributed by atoms with Gasteiger partial charge in [-0.3, -0.25) is 9.10 Å². The summed E-state index contributed by atoms with van der Waals surface area (Å²) in [6, 6.07) is 14.5. The highest BCUT2D eigenvalue weighted by molar-refractivity contribution is 7.99. The van der Waals surface area contributed by atoms with Crippen molar-refractivity contribution in [2.24, 2.45) is 0 Å². The van der Waals surface area contributed by atoms with Crippen LogP contribution in [0.2, 0.25) is 0 Å². The summed E-state index contributed by atoms with van der Waals surface area (Å²) in [6.07, 6.45) is -4.71. The van der Waals surface area contributed by atoms with E-state index in [-0.39, 0.29) is 22.1 Å². The lowest BCUT2D eigenvalue weighted by Crippen LogP contribution is -2.38. The van der Waals surface area contributed by atoms with E-state index in [0.29, 0.717) is 16.1 Å². The third-order valence-electron chi connectivity index (χ3n) is 5.15. The predicted molar refractivity (Wildman–Crippen MR) is 137 cm³/mol. The number of methoxy groups -OCH3 is 2. The molecule has 198 valence electrons. The minimum atomic E-state index is -4.71. The molecule has 0 spiro atoms. The van der Waals surface area contributed by atoms with Crippen molar-refractivity contribution in [3.05, 3.63) is 72.3 Å². The summed E-state index contributed by atoms with van der Waals surface area (Å²) in [5.74, 6) is 0.361. The van der Waals surface area contributed by atoms with Crippen molar-refractivity contribution < 1.29 is 35.9 Å². The number of carbonyl (C=O) groups excluding carboxylic acids is 1. The van der Waals surface area contributed by atoms with E-state index in [4.69, 9.17) is 9.47 Å². The Labute approximate surface area is 217 Å². The molecule has 0 unspecified atom stereocenters. The summed E-state index contributed by atoms with van der Waals surface area (Å²) in [5.41, 5.74) is -0.912. The van der Waals surface area contributed by atoms with Crippen LogP contribution in [0.15, 0.2) is 76.5 Å². The molecule has 0 saturated heterocycles. The highest BCUT2D eigenvalue weighted by Gasteiger charge is 2.33. The number of alkyl halides is 3. The third-order valence-corrected chi connectivity index (χ3v) is 7.88. The minimum absolute atomic E-state index is 0.0996. The fraction of sp³-hybridized carbons (Fsp3) is 0.240. The van der Waals surface area contributed by atoms with Gasteiger partial charge in [-0.2, -0.15) is 13.2 Å². The number of carbonyl (C=O) groups is 1. The standard InChI is InChI=1S/C25H25F3N2O5S2/c1-4-36-23-11-6-5-10-20(23)29-24(31)16-30(18-9-7-8-17(14-18)25(26,27)28)37(32,33)19-12-13-21(34-2)22(15-19)35-3/h5-15H,4,16H2,1-3H3,(H,29,31). The first-order valence-electron chi connectivity index (χ1n) is 10.9. The fourth-order valence-corrected chi connectivity index (χ4v) is 5.62. The van der Waals surface area contributed by atoms with Crippen LogP contribution in [0.5, 0.6) is 11.5 Å². The molecule has 0 bridgehead atoms. The molecule has 7 nitrogen and oxygen atoms in total. The normalized spacial score (nSPS) is 11.6. The van der Waals surface area contributed by atoms with Crippen LogP contribution in [0.1, 0.15) is 12.5 Å². The first-order chi connectivity index (χ1) is 17.5. The Morgan fingerprint density at radius 3 is 2.32 bits per heavy atom. The highest BCUT2D eigenvalue weighted by Crippen LogP contribution is 2.35. The van der Waals surface area contributed by atoms with Crippen LogP contribution >= 0.6 is 11.8 Å². The molecule has 12 heteroatoms. The van der Waals surface area contributed by atoms with Gasteiger partial charge in [0.1, 0.15) is 6.54 Å². The number of para-hydroxylation sites is 1. The molecule has 3 rings (SSSR count). The number of hydrogen-bond acceptors (Lipinski definition) is 6. The van der Waals surface area contributed by atoms with E-state index >= 15 is 0 Å². The van der Waals surface area contributed by atoms with Gasteiger partial charge in [-0.05, 0) is 48.2 Å². The molecule has 0 aliphatic heterocycles. The minimum Gasteiger partial charge on any atom is -0.493 e. The van der Waals surface area contributed by atoms with E-state index in [9.17, 15) is 26.4 Å². The number of anilines is 2. The SMILES string of the molecule is CCSc1ccccc1NC(=O)CN(c1cccc(C(F)(F)F)c1)S(=O)(=O)c1ccc(OC)c(OC)c1. The van der Waals surface area contributed by atoms with Gasteiger partial charge in [0, 0.05) is 11.0 Å². The number of nitrogens with one attached hydrogen (secondary N) is 1. The number of hydrogen-bond donors (Lipinski definition) is 1. The Morgan fingerprint density at radius 1 is 0.973 bits per heavy atom. The molecule has 0 atom stereocenters. The number of nitrogens with zero attached hydrogens (tertiary/aromatic N) is 1. The van der Waals surface area contributed by atoms with Crippen LogP contribution in [0.4, 0.5) is 24.5 Å². The zero-order valence-electron chi connectivity index (χ0n) is 20.2. The number of benzene rings is 3. The van der Waals surface area contributed by atoms with Gasteiger partial charge in [-0.15, -0.1) is 11.8 Å². The summed E-state index contributed by atoms with van der Waals surface area (Å²) in [5, 5.41) is 2.67. The molecule has 0 radical (unpaired) electrons. The van der Waals surface area contributed by atoms with E-state index < -0.39 is 34.2 Å². The first kappa shape index (κ1) is 28.2. The van der Waals surface area contributed by atoms with E-state index in [1.54, 1.807) is 24.3 Å². The van der Waals surface area contributed by atoms with Gasteiger partial charge < -0.3 is 14.8 Å². The van der Waals surface area contributed by atoms with Gasteiger partial charge in [-0.25, -0.2) is 8.42 Å². The van der Waals surface area contributed by atoms with Gasteiger partial charge in [0.2, 0.25) is 5.91 Å². The Hall–Kier alpha value is -3.38. The van der Waals surface area contributed by atoms with Crippen LogP contribution in [0.3, 0.4) is 0 Å². The quantitative estimate of drug-likeness (QED) is 0.325. The Morgan fingerprint density at radius 2 is 1.68 bits per heavy atom. The van der Waals surface area contributed by atoms with Gasteiger partial charge in [0.25, 0.3) is 10.0 Å². The number of halogens is 3. The average molecular weight is 555 g/mol. The van der Waals surface area contributed by atoms with Crippen molar-refractivity contribution in [3.63, 3.8) is 0 Å². The van der Waals surface area contributed by atoms with Gasteiger partial charge >= 0.3 is 6.18 Å². The maximum Gasteiger partial charge on any atom is 0.416 e. The largest absolute Gasteiger partial charge is 0.493 e. The average Bonchev–Trinajstić information content (AvgIpc) is 2.87. The van der Waals surface area contributed by atoms with Crippen molar-refractivity contribution in [1.29, 1.82) is 0 Å². The third kappa shape index (κ3) is 6.69.